The summed E-state index contributed by atoms with van der Waals surface area (Å²) in [6, 6.07) is 0. The van der Waals surface area contributed by atoms with Gasteiger partial charge in [-0.05, 0) is 43.9 Å². The van der Waals surface area contributed by atoms with Crippen LogP contribution in [0, 0.1) is 17.8 Å². The van der Waals surface area contributed by atoms with Crippen molar-refractivity contribution in [3.63, 3.8) is 0 Å². The number of carboxylic acid groups (broad SMARTS) is 1. The summed E-state index contributed by atoms with van der Waals surface area (Å²) in [7, 11) is 0. The number of carboxylic acids is 1. The number of carbonyl (C=O) groups is 1. The lowest BCUT2D eigenvalue weighted by Gasteiger charge is -2.28. The minimum absolute atomic E-state index is 0.244. The van der Waals surface area contributed by atoms with E-state index >= 15 is 0 Å². The molecule has 142 valence electrons. The molecular formula is C21H34O4. The van der Waals surface area contributed by atoms with Crippen LogP contribution in [0.5, 0.6) is 0 Å². The third-order valence-corrected chi connectivity index (χ3v) is 5.58. The van der Waals surface area contributed by atoms with Crippen LogP contribution in [0.3, 0.4) is 0 Å². The van der Waals surface area contributed by atoms with E-state index in [1.54, 1.807) is 0 Å². The van der Waals surface area contributed by atoms with E-state index in [0.717, 1.165) is 38.7 Å². The van der Waals surface area contributed by atoms with Gasteiger partial charge in [-0.25, -0.2) is 0 Å². The van der Waals surface area contributed by atoms with Crippen LogP contribution in [0.4, 0.5) is 0 Å². The van der Waals surface area contributed by atoms with Crippen LogP contribution in [0.25, 0.3) is 0 Å². The largest absolute Gasteiger partial charge is 0.481 e. The summed E-state index contributed by atoms with van der Waals surface area (Å²) in [6.45, 7) is 3.04. The lowest BCUT2D eigenvalue weighted by molar-refractivity contribution is -0.137. The Bertz CT molecular complexity index is 457. The zero-order valence-electron chi connectivity index (χ0n) is 15.5. The van der Waals surface area contributed by atoms with E-state index in [9.17, 15) is 9.90 Å². The summed E-state index contributed by atoms with van der Waals surface area (Å²) < 4.78 is 5.87. The van der Waals surface area contributed by atoms with Crippen molar-refractivity contribution >= 4 is 5.97 Å². The Morgan fingerprint density at radius 2 is 2.12 bits per heavy atom. The Labute approximate surface area is 152 Å². The molecule has 0 amide bonds. The Morgan fingerprint density at radius 1 is 1.28 bits per heavy atom. The van der Waals surface area contributed by atoms with Crippen molar-refractivity contribution in [3.05, 3.63) is 24.3 Å². The smallest absolute Gasteiger partial charge is 0.303 e. The molecule has 0 unspecified atom stereocenters. The van der Waals surface area contributed by atoms with E-state index in [2.05, 4.69) is 25.2 Å². The predicted octanol–water partition coefficient (Wildman–Crippen LogP) is 4.34. The first-order chi connectivity index (χ1) is 12.1. The van der Waals surface area contributed by atoms with Crippen molar-refractivity contribution in [3.8, 4) is 0 Å². The van der Waals surface area contributed by atoms with Crippen molar-refractivity contribution in [1.82, 2.24) is 0 Å². The van der Waals surface area contributed by atoms with Crippen molar-refractivity contribution in [2.24, 2.45) is 17.8 Å². The maximum atomic E-state index is 10.5. The van der Waals surface area contributed by atoms with Crippen LogP contribution in [0.2, 0.25) is 0 Å². The summed E-state index contributed by atoms with van der Waals surface area (Å²) in [4.78, 5) is 10.5. The Kier molecular flexibility index (Phi) is 8.70. The number of allylic oxidation sites excluding steroid dienone is 2. The highest BCUT2D eigenvalue weighted by Crippen LogP contribution is 2.47. The van der Waals surface area contributed by atoms with Crippen molar-refractivity contribution in [2.75, 3.05) is 6.61 Å². The van der Waals surface area contributed by atoms with Gasteiger partial charge in [-0.2, -0.15) is 0 Å². The molecule has 0 aromatic heterocycles. The normalized spacial score (nSPS) is 29.8. The van der Waals surface area contributed by atoms with Gasteiger partial charge in [0.05, 0.1) is 18.8 Å². The molecule has 1 aliphatic heterocycles. The van der Waals surface area contributed by atoms with Crippen LogP contribution in [0.1, 0.15) is 64.7 Å². The molecule has 1 saturated heterocycles. The van der Waals surface area contributed by atoms with Gasteiger partial charge in [0.2, 0.25) is 0 Å². The topological polar surface area (TPSA) is 66.8 Å². The van der Waals surface area contributed by atoms with Gasteiger partial charge in [0, 0.05) is 12.3 Å². The fourth-order valence-corrected chi connectivity index (χ4v) is 4.15. The van der Waals surface area contributed by atoms with E-state index in [0.29, 0.717) is 30.3 Å². The van der Waals surface area contributed by atoms with Gasteiger partial charge in [0.15, 0.2) is 0 Å². The molecule has 5 atom stereocenters. The van der Waals surface area contributed by atoms with Gasteiger partial charge >= 0.3 is 5.97 Å². The van der Waals surface area contributed by atoms with E-state index in [1.807, 2.05) is 6.08 Å². The highest BCUT2D eigenvalue weighted by Gasteiger charge is 2.46. The molecular weight excluding hydrogens is 316 g/mol. The van der Waals surface area contributed by atoms with Crippen LogP contribution in [-0.2, 0) is 9.53 Å². The van der Waals surface area contributed by atoms with Crippen molar-refractivity contribution < 1.29 is 19.7 Å². The highest BCUT2D eigenvalue weighted by atomic mass is 16.5. The zero-order chi connectivity index (χ0) is 18.1. The van der Waals surface area contributed by atoms with Crippen LogP contribution in [-0.4, -0.2) is 35.0 Å². The molecule has 2 rings (SSSR count). The summed E-state index contributed by atoms with van der Waals surface area (Å²) in [5.41, 5.74) is 0. The molecule has 2 aliphatic rings. The Hall–Kier alpha value is -1.13. The average Bonchev–Trinajstić information content (AvgIpc) is 3.17. The Morgan fingerprint density at radius 3 is 2.88 bits per heavy atom. The second-order valence-corrected chi connectivity index (χ2v) is 7.55. The van der Waals surface area contributed by atoms with E-state index in [-0.39, 0.29) is 12.5 Å². The van der Waals surface area contributed by atoms with E-state index in [4.69, 9.17) is 9.84 Å². The number of aliphatic carboxylic acids is 1. The highest BCUT2D eigenvalue weighted by molar-refractivity contribution is 5.66. The molecule has 1 heterocycles. The van der Waals surface area contributed by atoms with Gasteiger partial charge in [0.25, 0.3) is 0 Å². The van der Waals surface area contributed by atoms with Crippen molar-refractivity contribution in [2.45, 2.75) is 76.9 Å². The molecule has 2 bridgehead atoms. The second-order valence-electron chi connectivity index (χ2n) is 7.55. The molecule has 4 heteroatoms. The van der Waals surface area contributed by atoms with E-state index in [1.165, 1.54) is 12.8 Å². The number of fused-ring (bicyclic) bond motifs is 2. The predicted molar refractivity (Wildman–Crippen MR) is 99.4 cm³/mol. The lowest BCUT2D eigenvalue weighted by atomic mass is 9.84. The van der Waals surface area contributed by atoms with Gasteiger partial charge in [0.1, 0.15) is 0 Å². The summed E-state index contributed by atoms with van der Waals surface area (Å²) in [6.07, 6.45) is 16.7. The molecule has 2 fully saturated rings. The van der Waals surface area contributed by atoms with Crippen LogP contribution >= 0.6 is 0 Å². The zero-order valence-corrected chi connectivity index (χ0v) is 15.5. The Balaban J connectivity index is 1.78. The third-order valence-electron chi connectivity index (χ3n) is 5.58. The van der Waals surface area contributed by atoms with E-state index < -0.39 is 5.97 Å². The maximum Gasteiger partial charge on any atom is 0.303 e. The van der Waals surface area contributed by atoms with Crippen LogP contribution < -0.4 is 0 Å². The minimum Gasteiger partial charge on any atom is -0.481 e. The summed E-state index contributed by atoms with van der Waals surface area (Å²) in [5.74, 6) is 0.902. The minimum atomic E-state index is -0.721. The van der Waals surface area contributed by atoms with Gasteiger partial charge in [-0.15, -0.1) is 0 Å². The number of hydrogen-bond acceptors (Lipinski definition) is 3. The first-order valence-corrected chi connectivity index (χ1v) is 9.96. The molecule has 1 saturated carbocycles. The third kappa shape index (κ3) is 6.59. The number of aliphatic hydroxyl groups excluding tert-OH is 1. The second kappa shape index (κ2) is 10.8. The lowest BCUT2D eigenvalue weighted by Crippen LogP contribution is -2.27. The van der Waals surface area contributed by atoms with Gasteiger partial charge in [-0.3, -0.25) is 4.79 Å². The van der Waals surface area contributed by atoms with Crippen molar-refractivity contribution in [1.29, 1.82) is 0 Å². The number of rotatable bonds is 12. The first-order valence-electron chi connectivity index (χ1n) is 9.96. The number of ether oxygens (including phenoxy) is 1. The van der Waals surface area contributed by atoms with Gasteiger partial charge < -0.3 is 14.9 Å². The number of aliphatic hydroxyl groups is 1. The molecule has 0 aromatic rings. The molecule has 0 aromatic carbocycles. The summed E-state index contributed by atoms with van der Waals surface area (Å²) >= 11 is 0. The average molecular weight is 350 g/mol. The molecule has 2 N–H and O–H groups in total. The molecule has 0 radical (unpaired) electrons. The van der Waals surface area contributed by atoms with Gasteiger partial charge in [-0.1, -0.05) is 50.5 Å². The standard InChI is InChI=1S/C21H34O4/c1-2-3-6-9-17(22)12-13-19-18(16-14-20(19)25-15-16)10-7-4-5-8-11-21(23)24/h4,7,12-13,16-20,22H,2-3,5-6,8-11,14-15H2,1H3,(H,23,24)/t16-,17-,18-,19+,20+/m0/s1. The number of unbranched alkanes of at least 4 members (excludes halogenated alkanes) is 3. The fourth-order valence-electron chi connectivity index (χ4n) is 4.15. The first kappa shape index (κ1) is 20.2. The SMILES string of the molecule is CCCCC[C@H](O)C=C[C@@H]1[C@@H](CC=CCCCC(=O)O)[C@@H]2CO[C@@H]1C2. The molecule has 25 heavy (non-hydrogen) atoms. The summed E-state index contributed by atoms with van der Waals surface area (Å²) in [5, 5.41) is 18.8. The number of hydrogen-bond donors (Lipinski definition) is 2. The maximum absolute atomic E-state index is 10.5. The van der Waals surface area contributed by atoms with Crippen LogP contribution in [0.15, 0.2) is 24.3 Å². The molecule has 4 nitrogen and oxygen atoms in total. The monoisotopic (exact) mass is 350 g/mol. The fraction of sp³-hybridized carbons (Fsp3) is 0.762. The molecule has 1 aliphatic carbocycles. The molecule has 0 spiro atoms. The quantitative estimate of drug-likeness (QED) is 0.406.